The van der Waals surface area contributed by atoms with Gasteiger partial charge in [-0.2, -0.15) is 0 Å². The van der Waals surface area contributed by atoms with Crippen molar-refractivity contribution in [1.82, 2.24) is 0 Å². The van der Waals surface area contributed by atoms with Crippen LogP contribution in [0, 0.1) is 0 Å². The van der Waals surface area contributed by atoms with Gasteiger partial charge in [0.25, 0.3) is 0 Å². The molecule has 0 aromatic heterocycles. The van der Waals surface area contributed by atoms with Gasteiger partial charge in [0.1, 0.15) is 0 Å². The van der Waals surface area contributed by atoms with Crippen molar-refractivity contribution < 1.29 is 9.44 Å². The second kappa shape index (κ2) is 19.2. The maximum Gasteiger partial charge on any atom is 0.0466 e. The van der Waals surface area contributed by atoms with Crippen LogP contribution in [0.3, 0.4) is 0 Å². The molecule has 0 fully saturated rings. The standard InChI is InChI=1S/C16H34O.FH/c1-3-5-7-9-11-13-15-17-16-14-12-10-8-6-4-2;/h3-16H2,1-2H3;1H. The van der Waals surface area contributed by atoms with Gasteiger partial charge in [0.05, 0.1) is 0 Å². The second-order valence-electron chi connectivity index (χ2n) is 5.15. The Hall–Kier alpha value is -0.110. The van der Waals surface area contributed by atoms with Gasteiger partial charge >= 0.3 is 0 Å². The summed E-state index contributed by atoms with van der Waals surface area (Å²) in [5.74, 6) is 0. The Morgan fingerprint density at radius 3 is 1.22 bits per heavy atom. The van der Waals surface area contributed by atoms with Gasteiger partial charge in [-0.15, -0.1) is 0 Å². The Balaban J connectivity index is 0. The van der Waals surface area contributed by atoms with Crippen molar-refractivity contribution in [3.05, 3.63) is 0 Å². The molecule has 1 nitrogen and oxygen atoms in total. The van der Waals surface area contributed by atoms with Gasteiger partial charge in [0.15, 0.2) is 0 Å². The fraction of sp³-hybridized carbons (Fsp3) is 1.00. The molecule has 0 aromatic rings. The molecule has 0 unspecified atom stereocenters. The highest BCUT2D eigenvalue weighted by Gasteiger charge is 1.92. The molecule has 0 heterocycles. The highest BCUT2D eigenvalue weighted by atomic mass is 19.0. The van der Waals surface area contributed by atoms with E-state index in [-0.39, 0.29) is 4.70 Å². The van der Waals surface area contributed by atoms with Gasteiger partial charge in [-0.05, 0) is 12.8 Å². The molecule has 112 valence electrons. The lowest BCUT2D eigenvalue weighted by molar-refractivity contribution is 0.125. The van der Waals surface area contributed by atoms with Gasteiger partial charge in [-0.3, -0.25) is 4.70 Å². The van der Waals surface area contributed by atoms with Gasteiger partial charge in [-0.1, -0.05) is 78.1 Å². The van der Waals surface area contributed by atoms with Crippen LogP contribution in [0.25, 0.3) is 0 Å². The van der Waals surface area contributed by atoms with Crippen molar-refractivity contribution in [1.29, 1.82) is 0 Å². The summed E-state index contributed by atoms with van der Waals surface area (Å²) in [5, 5.41) is 0. The van der Waals surface area contributed by atoms with Crippen molar-refractivity contribution in [3.8, 4) is 0 Å². The summed E-state index contributed by atoms with van der Waals surface area (Å²) in [7, 11) is 0. The molecule has 0 radical (unpaired) electrons. The third-order valence-electron chi connectivity index (χ3n) is 3.28. The molecule has 0 rings (SSSR count). The van der Waals surface area contributed by atoms with Crippen molar-refractivity contribution >= 4 is 0 Å². The summed E-state index contributed by atoms with van der Waals surface area (Å²) in [5.41, 5.74) is 0. The summed E-state index contributed by atoms with van der Waals surface area (Å²) in [6.07, 6.45) is 16.3. The lowest BCUT2D eigenvalue weighted by atomic mass is 10.1. The normalized spacial score (nSPS) is 10.3. The minimum Gasteiger partial charge on any atom is -0.381 e. The number of unbranched alkanes of at least 4 members (excludes halogenated alkanes) is 10. The van der Waals surface area contributed by atoms with Gasteiger partial charge < -0.3 is 4.74 Å². The summed E-state index contributed by atoms with van der Waals surface area (Å²) < 4.78 is 5.65. The van der Waals surface area contributed by atoms with E-state index >= 15 is 0 Å². The minimum absolute atomic E-state index is 0. The molecule has 0 bridgehead atoms. The van der Waals surface area contributed by atoms with Crippen LogP contribution in [-0.4, -0.2) is 13.2 Å². The van der Waals surface area contributed by atoms with Crippen LogP contribution in [0.4, 0.5) is 4.70 Å². The monoisotopic (exact) mass is 262 g/mol. The molecule has 0 amide bonds. The van der Waals surface area contributed by atoms with E-state index in [1.165, 1.54) is 77.0 Å². The van der Waals surface area contributed by atoms with Crippen LogP contribution in [0.2, 0.25) is 0 Å². The maximum absolute atomic E-state index is 5.65. The van der Waals surface area contributed by atoms with E-state index in [0.717, 1.165) is 13.2 Å². The van der Waals surface area contributed by atoms with E-state index in [1.54, 1.807) is 0 Å². The molecule has 2 heteroatoms. The summed E-state index contributed by atoms with van der Waals surface area (Å²) in [6, 6.07) is 0. The van der Waals surface area contributed by atoms with Crippen molar-refractivity contribution in [2.75, 3.05) is 13.2 Å². The number of rotatable bonds is 14. The van der Waals surface area contributed by atoms with Crippen LogP contribution in [0.5, 0.6) is 0 Å². The number of hydrogen-bond acceptors (Lipinski definition) is 1. The number of hydrogen-bond donors (Lipinski definition) is 0. The first-order valence-corrected chi connectivity index (χ1v) is 7.99. The average Bonchev–Trinajstić information content (AvgIpc) is 2.35. The van der Waals surface area contributed by atoms with E-state index in [9.17, 15) is 0 Å². The highest BCUT2D eigenvalue weighted by molar-refractivity contribution is 4.45. The molecule has 0 atom stereocenters. The lowest BCUT2D eigenvalue weighted by Crippen LogP contribution is -1.97. The molecule has 0 spiro atoms. The van der Waals surface area contributed by atoms with Crippen LogP contribution >= 0.6 is 0 Å². The van der Waals surface area contributed by atoms with Crippen LogP contribution in [-0.2, 0) is 4.74 Å². The highest BCUT2D eigenvalue weighted by Crippen LogP contribution is 2.06. The fourth-order valence-electron chi connectivity index (χ4n) is 2.07. The maximum atomic E-state index is 5.65. The molecule has 18 heavy (non-hydrogen) atoms. The Morgan fingerprint density at radius 1 is 0.500 bits per heavy atom. The molecule has 0 aromatic carbocycles. The molecule has 0 saturated heterocycles. The largest absolute Gasteiger partial charge is 0.381 e. The predicted octanol–water partition coefficient (Wildman–Crippen LogP) is 5.88. The van der Waals surface area contributed by atoms with E-state index in [0.29, 0.717) is 0 Å². The van der Waals surface area contributed by atoms with Gasteiger partial charge in [0.2, 0.25) is 0 Å². The fourth-order valence-corrected chi connectivity index (χ4v) is 2.07. The lowest BCUT2D eigenvalue weighted by Gasteiger charge is -2.04. The quantitative estimate of drug-likeness (QED) is 0.355. The van der Waals surface area contributed by atoms with Crippen LogP contribution in [0.1, 0.15) is 90.9 Å². The van der Waals surface area contributed by atoms with Crippen molar-refractivity contribution in [2.45, 2.75) is 90.9 Å². The first-order valence-electron chi connectivity index (χ1n) is 7.99. The zero-order valence-electron chi connectivity index (χ0n) is 12.7. The molecule has 0 aliphatic heterocycles. The van der Waals surface area contributed by atoms with E-state index in [1.807, 2.05) is 0 Å². The molecule has 0 aliphatic rings. The molecule has 0 aliphatic carbocycles. The first kappa shape index (κ1) is 20.2. The Bertz CT molecular complexity index is 114. The Labute approximate surface area is 114 Å². The van der Waals surface area contributed by atoms with E-state index in [4.69, 9.17) is 4.74 Å². The van der Waals surface area contributed by atoms with E-state index < -0.39 is 0 Å². The zero-order chi connectivity index (χ0) is 12.6. The molecular formula is C16H35FO. The Kier molecular flexibility index (Phi) is 21.6. The summed E-state index contributed by atoms with van der Waals surface area (Å²) in [6.45, 7) is 6.51. The van der Waals surface area contributed by atoms with Crippen molar-refractivity contribution in [3.63, 3.8) is 0 Å². The van der Waals surface area contributed by atoms with Crippen molar-refractivity contribution in [2.24, 2.45) is 0 Å². The third-order valence-corrected chi connectivity index (χ3v) is 3.28. The average molecular weight is 262 g/mol. The molecule has 0 saturated carbocycles. The smallest absolute Gasteiger partial charge is 0.0466 e. The van der Waals surface area contributed by atoms with Gasteiger partial charge in [0, 0.05) is 13.2 Å². The van der Waals surface area contributed by atoms with Gasteiger partial charge in [-0.25, -0.2) is 0 Å². The molecular weight excluding hydrogens is 227 g/mol. The number of ether oxygens (including phenoxy) is 1. The zero-order valence-corrected chi connectivity index (χ0v) is 12.7. The minimum atomic E-state index is 0. The second-order valence-corrected chi connectivity index (χ2v) is 5.15. The van der Waals surface area contributed by atoms with E-state index in [2.05, 4.69) is 13.8 Å². The van der Waals surface area contributed by atoms with Crippen LogP contribution in [0.15, 0.2) is 0 Å². The third kappa shape index (κ3) is 18.3. The Morgan fingerprint density at radius 2 is 0.833 bits per heavy atom. The van der Waals surface area contributed by atoms with Crippen LogP contribution < -0.4 is 0 Å². The predicted molar refractivity (Wildman–Crippen MR) is 80.1 cm³/mol. The first-order chi connectivity index (χ1) is 8.41. The number of halogens is 1. The topological polar surface area (TPSA) is 9.23 Å². The summed E-state index contributed by atoms with van der Waals surface area (Å²) >= 11 is 0. The summed E-state index contributed by atoms with van der Waals surface area (Å²) in [4.78, 5) is 0. The molecule has 0 N–H and O–H groups in total. The SMILES string of the molecule is CCCCCCCCOCCCCCCCC.F.